The van der Waals surface area contributed by atoms with Gasteiger partial charge in [0, 0.05) is 6.54 Å². The van der Waals surface area contributed by atoms with Gasteiger partial charge in [0.2, 0.25) is 0 Å². The second kappa shape index (κ2) is 40.9. The zero-order chi connectivity index (χ0) is 32.6. The Morgan fingerprint density at radius 1 is 0.333 bits per heavy atom. The summed E-state index contributed by atoms with van der Waals surface area (Å²) in [5.74, 6) is -0.409. The molecule has 0 aliphatic rings. The Hall–Kier alpha value is -1.09. The van der Waals surface area contributed by atoms with Crippen molar-refractivity contribution in [2.75, 3.05) is 185 Å². The molecule has 0 radical (unpaired) electrons. The highest BCUT2D eigenvalue weighted by Crippen LogP contribution is 1.88. The van der Waals surface area contributed by atoms with Crippen molar-refractivity contribution in [2.24, 2.45) is 5.73 Å². The van der Waals surface area contributed by atoms with E-state index in [0.717, 1.165) is 0 Å². The summed E-state index contributed by atoms with van der Waals surface area (Å²) in [7, 11) is 1.31. The molecule has 0 aliphatic carbocycles. The third-order valence-corrected chi connectivity index (χ3v) is 5.17. The van der Waals surface area contributed by atoms with Crippen LogP contribution in [0.5, 0.6) is 0 Å². The topological polar surface area (TPSA) is 172 Å². The van der Waals surface area contributed by atoms with Crippen LogP contribution in [0.1, 0.15) is 0 Å². The lowest BCUT2D eigenvalue weighted by molar-refractivity contribution is -0.146. The largest absolute Gasteiger partial charge is 0.467 e. The van der Waals surface area contributed by atoms with E-state index in [1.807, 2.05) is 0 Å². The van der Waals surface area contributed by atoms with E-state index in [4.69, 9.17) is 67.3 Å². The van der Waals surface area contributed by atoms with E-state index in [9.17, 15) is 4.79 Å². The van der Waals surface area contributed by atoms with Crippen LogP contribution in [0.2, 0.25) is 0 Å². The molecule has 0 rings (SSSR count). The average Bonchev–Trinajstić information content (AvgIpc) is 3.05. The number of methoxy groups -OCH3 is 1. The lowest BCUT2D eigenvalue weighted by Gasteiger charge is -2.09. The number of rotatable bonds is 40. The Kier molecular flexibility index (Phi) is 39.9. The lowest BCUT2D eigenvalue weighted by atomic mass is 10.6. The monoisotopic (exact) mass is 661 g/mol. The first-order valence-electron chi connectivity index (χ1n) is 15.6. The molecule has 16 nitrogen and oxygen atoms in total. The molecule has 0 saturated heterocycles. The van der Waals surface area contributed by atoms with Crippen LogP contribution >= 0.6 is 0 Å². The van der Waals surface area contributed by atoms with E-state index in [2.05, 4.69) is 4.74 Å². The molecular formula is C29H59NO15. The summed E-state index contributed by atoms with van der Waals surface area (Å²) in [5.41, 5.74) is 5.33. The van der Waals surface area contributed by atoms with E-state index in [1.165, 1.54) is 7.11 Å². The van der Waals surface area contributed by atoms with Gasteiger partial charge in [-0.2, -0.15) is 0 Å². The minimum absolute atomic E-state index is 0.0717. The molecule has 0 heterocycles. The Morgan fingerprint density at radius 3 is 0.689 bits per heavy atom. The molecule has 16 heteroatoms. The maximum Gasteiger partial charge on any atom is 0.331 e. The number of hydrogen-bond donors (Lipinski definition) is 1. The van der Waals surface area contributed by atoms with Gasteiger partial charge < -0.3 is 72.0 Å². The van der Waals surface area contributed by atoms with Gasteiger partial charge in [0.1, 0.15) is 6.61 Å². The van der Waals surface area contributed by atoms with Crippen LogP contribution in [0.4, 0.5) is 0 Å². The Labute approximate surface area is 268 Å². The van der Waals surface area contributed by atoms with Crippen molar-refractivity contribution in [2.45, 2.75) is 0 Å². The molecule has 0 spiro atoms. The minimum Gasteiger partial charge on any atom is -0.467 e. The number of nitrogens with two attached hydrogens (primary N) is 1. The first-order valence-corrected chi connectivity index (χ1v) is 15.6. The first kappa shape index (κ1) is 43.9. The van der Waals surface area contributed by atoms with Gasteiger partial charge in [-0.1, -0.05) is 0 Å². The Bertz CT molecular complexity index is 566. The molecule has 0 aromatic heterocycles. The molecule has 0 aliphatic heterocycles. The molecular weight excluding hydrogens is 602 g/mol. The summed E-state index contributed by atoms with van der Waals surface area (Å²) in [5, 5.41) is 0. The second-order valence-electron chi connectivity index (χ2n) is 8.77. The number of carbonyl (C=O) groups is 1. The van der Waals surface area contributed by atoms with Gasteiger partial charge in [0.15, 0.2) is 0 Å². The fourth-order valence-corrected chi connectivity index (χ4v) is 2.94. The number of carbonyl (C=O) groups excluding carboxylic acids is 1. The third kappa shape index (κ3) is 40.9. The van der Waals surface area contributed by atoms with Gasteiger partial charge in [0.05, 0.1) is 172 Å². The molecule has 0 bridgehead atoms. The van der Waals surface area contributed by atoms with Crippen LogP contribution in [0, 0.1) is 0 Å². The minimum atomic E-state index is -0.409. The van der Waals surface area contributed by atoms with Crippen molar-refractivity contribution in [1.29, 1.82) is 0 Å². The highest BCUT2D eigenvalue weighted by Gasteiger charge is 1.99. The number of hydrogen-bond acceptors (Lipinski definition) is 16. The Morgan fingerprint density at radius 2 is 0.511 bits per heavy atom. The molecule has 270 valence electrons. The summed E-state index contributed by atoms with van der Waals surface area (Å²) in [4.78, 5) is 10.9. The van der Waals surface area contributed by atoms with Crippen molar-refractivity contribution in [3.8, 4) is 0 Å². The standard InChI is InChI=1S/C29H59NO15/c1-32-29(31)28-45-27-26-44-25-24-43-23-22-42-21-20-41-19-18-40-17-16-39-15-14-38-13-12-37-11-10-36-9-8-35-7-6-34-5-4-33-3-2-30/h2-28,30H2,1H3. The molecule has 0 aromatic carbocycles. The van der Waals surface area contributed by atoms with E-state index in [0.29, 0.717) is 172 Å². The highest BCUT2D eigenvalue weighted by atomic mass is 16.6. The maximum atomic E-state index is 10.9. The van der Waals surface area contributed by atoms with Crippen molar-refractivity contribution >= 4 is 5.97 Å². The normalized spacial score (nSPS) is 11.4. The zero-order valence-electron chi connectivity index (χ0n) is 27.3. The van der Waals surface area contributed by atoms with E-state index in [-0.39, 0.29) is 6.61 Å². The van der Waals surface area contributed by atoms with Crippen molar-refractivity contribution in [3.05, 3.63) is 0 Å². The zero-order valence-corrected chi connectivity index (χ0v) is 27.3. The van der Waals surface area contributed by atoms with E-state index in [1.54, 1.807) is 0 Å². The third-order valence-electron chi connectivity index (χ3n) is 5.17. The van der Waals surface area contributed by atoms with Gasteiger partial charge in [-0.05, 0) is 0 Å². The van der Waals surface area contributed by atoms with Crippen LogP contribution in [0.15, 0.2) is 0 Å². The summed E-state index contributed by atoms with van der Waals surface area (Å²) in [6.07, 6.45) is 0. The quantitative estimate of drug-likeness (QED) is 0.0647. The van der Waals surface area contributed by atoms with Crippen molar-refractivity contribution in [3.63, 3.8) is 0 Å². The second-order valence-corrected chi connectivity index (χ2v) is 8.77. The van der Waals surface area contributed by atoms with Gasteiger partial charge >= 0.3 is 5.97 Å². The van der Waals surface area contributed by atoms with Crippen LogP contribution in [-0.2, 0) is 71.1 Å². The lowest BCUT2D eigenvalue weighted by Crippen LogP contribution is -2.16. The van der Waals surface area contributed by atoms with Crippen LogP contribution in [-0.4, -0.2) is 191 Å². The van der Waals surface area contributed by atoms with Gasteiger partial charge in [-0.15, -0.1) is 0 Å². The molecule has 0 saturated carbocycles. The maximum absolute atomic E-state index is 10.9. The first-order chi connectivity index (χ1) is 22.3. The summed E-state index contributed by atoms with van der Waals surface area (Å²) in [6.45, 7) is 12.7. The molecule has 2 N–H and O–H groups in total. The van der Waals surface area contributed by atoms with E-state index >= 15 is 0 Å². The smallest absolute Gasteiger partial charge is 0.331 e. The van der Waals surface area contributed by atoms with Crippen LogP contribution in [0.25, 0.3) is 0 Å². The molecule has 45 heavy (non-hydrogen) atoms. The summed E-state index contributed by atoms with van der Waals surface area (Å²) in [6, 6.07) is 0. The molecule has 0 aromatic rings. The predicted octanol–water partition coefficient (Wildman–Crippen LogP) is -0.666. The van der Waals surface area contributed by atoms with Gasteiger partial charge in [-0.25, -0.2) is 4.79 Å². The molecule has 0 atom stereocenters. The molecule has 0 amide bonds. The Balaban J connectivity index is 3.05. The summed E-state index contributed by atoms with van der Waals surface area (Å²) >= 11 is 0. The van der Waals surface area contributed by atoms with Crippen molar-refractivity contribution < 1.29 is 71.1 Å². The van der Waals surface area contributed by atoms with E-state index < -0.39 is 5.97 Å². The van der Waals surface area contributed by atoms with Crippen LogP contribution in [0.3, 0.4) is 0 Å². The van der Waals surface area contributed by atoms with Gasteiger partial charge in [0.25, 0.3) is 0 Å². The average molecular weight is 662 g/mol. The SMILES string of the molecule is COC(=O)COCCOCCOCCOCCOCCOCCOCCOCCOCCOCCOCCOCCOCCN. The fraction of sp³-hybridized carbons (Fsp3) is 0.966. The predicted molar refractivity (Wildman–Crippen MR) is 162 cm³/mol. The fourth-order valence-electron chi connectivity index (χ4n) is 2.94. The highest BCUT2D eigenvalue weighted by molar-refractivity contribution is 5.70. The number of ether oxygens (including phenoxy) is 14. The van der Waals surface area contributed by atoms with Gasteiger partial charge in [-0.3, -0.25) is 0 Å². The number of esters is 1. The van der Waals surface area contributed by atoms with Crippen molar-refractivity contribution in [1.82, 2.24) is 0 Å². The molecule has 0 fully saturated rings. The van der Waals surface area contributed by atoms with Crippen LogP contribution < -0.4 is 5.73 Å². The summed E-state index contributed by atoms with van der Waals surface area (Å²) < 4.78 is 74.4. The molecule has 0 unspecified atom stereocenters.